The van der Waals surface area contributed by atoms with Crippen molar-refractivity contribution in [1.82, 2.24) is 14.8 Å². The van der Waals surface area contributed by atoms with Gasteiger partial charge in [-0.05, 0) is 134 Å². The molecule has 1 N–H and O–H groups in total. The first-order valence-corrected chi connectivity index (χ1v) is 14.6. The van der Waals surface area contributed by atoms with E-state index in [1.165, 1.54) is 3.57 Å². The summed E-state index contributed by atoms with van der Waals surface area (Å²) in [5, 5.41) is 14.3. The van der Waals surface area contributed by atoms with Gasteiger partial charge in [-0.1, -0.05) is 5.92 Å². The first kappa shape index (κ1) is 26.1. The number of aryl methyl sites for hydroxylation is 2. The number of rotatable bonds is 6. The number of carbonyl (C=O) groups excluding carboxylic acids is 1. The van der Waals surface area contributed by atoms with E-state index in [0.717, 1.165) is 48.0 Å². The molecule has 3 aliphatic carbocycles. The predicted molar refractivity (Wildman–Crippen MR) is 156 cm³/mol. The number of aromatic nitrogens is 3. The van der Waals surface area contributed by atoms with Gasteiger partial charge in [0.15, 0.2) is 5.52 Å². The molecule has 1 spiro atoms. The number of hydrogen-bond acceptors (Lipinski definition) is 5. The monoisotopic (exact) mass is 638 g/mol. The third kappa shape index (κ3) is 4.77. The Labute approximate surface area is 241 Å². The van der Waals surface area contributed by atoms with Crippen molar-refractivity contribution in [3.63, 3.8) is 0 Å². The minimum atomic E-state index is -0.697. The van der Waals surface area contributed by atoms with Gasteiger partial charge in [-0.15, -0.1) is 5.10 Å². The van der Waals surface area contributed by atoms with Crippen molar-refractivity contribution in [3.8, 4) is 17.7 Å². The number of carboxylic acids is 1. The SMILES string of the molecule is CC#CC(=O)N(c1ccc2c(n1)c(O[C@H]1CC[C@@H](C(=O)O)C3(CC3)C1)nn2C)c1cc(C)c(I)cc1C1CC1. The van der Waals surface area contributed by atoms with Crippen LogP contribution in [-0.2, 0) is 16.6 Å². The molecule has 1 amide bonds. The van der Waals surface area contributed by atoms with Gasteiger partial charge in [-0.3, -0.25) is 19.2 Å². The fourth-order valence-corrected chi connectivity index (χ4v) is 6.60. The van der Waals surface area contributed by atoms with Gasteiger partial charge < -0.3 is 9.84 Å². The Morgan fingerprint density at radius 2 is 1.97 bits per heavy atom. The quantitative estimate of drug-likeness (QED) is 0.269. The van der Waals surface area contributed by atoms with E-state index in [-0.39, 0.29) is 23.3 Å². The summed E-state index contributed by atoms with van der Waals surface area (Å²) in [4.78, 5) is 31.8. The van der Waals surface area contributed by atoms with E-state index in [0.29, 0.717) is 42.4 Å². The Hall–Kier alpha value is -3.13. The van der Waals surface area contributed by atoms with Crippen LogP contribution in [-0.4, -0.2) is 37.9 Å². The lowest BCUT2D eigenvalue weighted by molar-refractivity contribution is -0.146. The molecule has 3 saturated carbocycles. The summed E-state index contributed by atoms with van der Waals surface area (Å²) in [6.07, 6.45) is 5.95. The number of benzene rings is 1. The molecule has 3 fully saturated rings. The van der Waals surface area contributed by atoms with Crippen molar-refractivity contribution >= 4 is 57.0 Å². The normalized spacial score (nSPS) is 21.3. The second-order valence-corrected chi connectivity index (χ2v) is 12.4. The van der Waals surface area contributed by atoms with Crippen molar-refractivity contribution in [1.29, 1.82) is 0 Å². The zero-order chi connectivity index (χ0) is 27.5. The summed E-state index contributed by atoms with van der Waals surface area (Å²) in [6, 6.07) is 8.00. The average molecular weight is 639 g/mol. The van der Waals surface area contributed by atoms with Crippen LogP contribution in [0.15, 0.2) is 24.3 Å². The number of halogens is 1. The molecule has 3 aromatic rings. The van der Waals surface area contributed by atoms with E-state index >= 15 is 0 Å². The highest BCUT2D eigenvalue weighted by molar-refractivity contribution is 14.1. The van der Waals surface area contributed by atoms with E-state index in [2.05, 4.69) is 51.7 Å². The summed E-state index contributed by atoms with van der Waals surface area (Å²) >= 11 is 2.35. The molecule has 0 unspecified atom stereocenters. The van der Waals surface area contributed by atoms with Crippen LogP contribution >= 0.6 is 22.6 Å². The minimum absolute atomic E-state index is 0.115. The number of ether oxygens (including phenoxy) is 1. The van der Waals surface area contributed by atoms with Crippen molar-refractivity contribution in [2.75, 3.05) is 4.90 Å². The van der Waals surface area contributed by atoms with Gasteiger partial charge >= 0.3 is 11.9 Å². The van der Waals surface area contributed by atoms with Crippen LogP contribution in [0.2, 0.25) is 0 Å². The molecule has 3 aliphatic rings. The van der Waals surface area contributed by atoms with Crippen molar-refractivity contribution in [3.05, 3.63) is 39.0 Å². The van der Waals surface area contributed by atoms with E-state index in [1.54, 1.807) is 16.5 Å². The Balaban J connectivity index is 1.39. The zero-order valence-corrected chi connectivity index (χ0v) is 24.5. The van der Waals surface area contributed by atoms with Gasteiger partial charge in [0.1, 0.15) is 11.9 Å². The highest BCUT2D eigenvalue weighted by atomic mass is 127. The van der Waals surface area contributed by atoms with Gasteiger partial charge in [0, 0.05) is 10.6 Å². The van der Waals surface area contributed by atoms with E-state index < -0.39 is 5.97 Å². The van der Waals surface area contributed by atoms with Crippen LogP contribution in [0.1, 0.15) is 68.9 Å². The van der Waals surface area contributed by atoms with Crippen molar-refractivity contribution < 1.29 is 19.4 Å². The summed E-state index contributed by atoms with van der Waals surface area (Å²) in [5.41, 5.74) is 4.29. The highest BCUT2D eigenvalue weighted by Gasteiger charge is 2.56. The summed E-state index contributed by atoms with van der Waals surface area (Å²) in [7, 11) is 1.85. The molecule has 0 radical (unpaired) electrons. The number of fused-ring (bicyclic) bond motifs is 1. The number of anilines is 2. The lowest BCUT2D eigenvalue weighted by atomic mass is 9.75. The van der Waals surface area contributed by atoms with Crippen LogP contribution in [0.4, 0.5) is 11.5 Å². The molecule has 2 atom stereocenters. The average Bonchev–Trinajstić information content (AvgIpc) is 3.83. The second kappa shape index (κ2) is 9.81. The lowest BCUT2D eigenvalue weighted by Crippen LogP contribution is -2.36. The van der Waals surface area contributed by atoms with E-state index in [9.17, 15) is 14.7 Å². The standard InChI is InChI=1S/C30H31IN4O4/c1-4-5-26(36)35(24-14-17(2)22(31)15-20(24)18-6-7-18)25-11-10-23-27(32-25)28(33-34(23)3)39-19-8-9-21(29(37)38)30(16-19)12-13-30/h10-11,14-15,18-19,21H,6-9,12-13,16H2,1-3H3,(H,37,38)/t19-,21-/m0/s1. The Kier molecular flexibility index (Phi) is 6.57. The number of nitrogens with zero attached hydrogens (tertiary/aromatic N) is 4. The smallest absolute Gasteiger partial charge is 0.308 e. The van der Waals surface area contributed by atoms with Crippen LogP contribution in [0.3, 0.4) is 0 Å². The largest absolute Gasteiger partial charge is 0.481 e. The maximum atomic E-state index is 13.5. The summed E-state index contributed by atoms with van der Waals surface area (Å²) < 4.78 is 9.34. The number of carbonyl (C=O) groups is 2. The molecule has 9 heteroatoms. The molecule has 6 rings (SSSR count). The fraction of sp³-hybridized carbons (Fsp3) is 0.467. The number of carboxylic acid groups (broad SMARTS) is 1. The topological polar surface area (TPSA) is 97.6 Å². The molecule has 2 aromatic heterocycles. The number of pyridine rings is 1. The van der Waals surface area contributed by atoms with Gasteiger partial charge in [0.25, 0.3) is 5.88 Å². The molecule has 8 nitrogen and oxygen atoms in total. The van der Waals surface area contributed by atoms with Gasteiger partial charge in [-0.25, -0.2) is 4.98 Å². The third-order valence-corrected chi connectivity index (χ3v) is 9.66. The second-order valence-electron chi connectivity index (χ2n) is 11.2. The number of hydrogen-bond donors (Lipinski definition) is 1. The number of aliphatic carboxylic acids is 1. The predicted octanol–water partition coefficient (Wildman–Crippen LogP) is 5.86. The van der Waals surface area contributed by atoms with Crippen molar-refractivity contribution in [2.24, 2.45) is 18.4 Å². The van der Waals surface area contributed by atoms with E-state index in [4.69, 9.17) is 9.72 Å². The molecule has 0 aliphatic heterocycles. The maximum Gasteiger partial charge on any atom is 0.308 e. The molecule has 202 valence electrons. The van der Waals surface area contributed by atoms with Crippen LogP contribution in [0.25, 0.3) is 11.0 Å². The Morgan fingerprint density at radius 1 is 1.21 bits per heavy atom. The third-order valence-electron chi connectivity index (χ3n) is 8.50. The summed E-state index contributed by atoms with van der Waals surface area (Å²) in [6.45, 7) is 3.71. The van der Waals surface area contributed by atoms with Gasteiger partial charge in [-0.2, -0.15) is 0 Å². The molecule has 0 bridgehead atoms. The Bertz CT molecular complexity index is 1560. The molecule has 1 aromatic carbocycles. The molecular weight excluding hydrogens is 607 g/mol. The molecule has 2 heterocycles. The molecule has 0 saturated heterocycles. The van der Waals surface area contributed by atoms with Gasteiger partial charge in [0.2, 0.25) is 0 Å². The zero-order valence-electron chi connectivity index (χ0n) is 22.3. The highest BCUT2D eigenvalue weighted by Crippen LogP contribution is 2.60. The van der Waals surface area contributed by atoms with E-state index in [1.807, 2.05) is 26.1 Å². The fourth-order valence-electron chi connectivity index (χ4n) is 6.11. The first-order chi connectivity index (χ1) is 18.7. The maximum absolute atomic E-state index is 13.5. The van der Waals surface area contributed by atoms with Crippen LogP contribution in [0.5, 0.6) is 5.88 Å². The Morgan fingerprint density at radius 3 is 2.64 bits per heavy atom. The van der Waals surface area contributed by atoms with Gasteiger partial charge in [0.05, 0.1) is 17.1 Å². The minimum Gasteiger partial charge on any atom is -0.481 e. The number of amides is 1. The molecule has 39 heavy (non-hydrogen) atoms. The van der Waals surface area contributed by atoms with Crippen LogP contribution in [0, 0.1) is 33.7 Å². The lowest BCUT2D eigenvalue weighted by Gasteiger charge is -2.33. The molecular formula is C30H31IN4O4. The first-order valence-electron chi connectivity index (χ1n) is 13.5. The summed E-state index contributed by atoms with van der Waals surface area (Å²) in [5.74, 6) is 5.47. The van der Waals surface area contributed by atoms with Crippen LogP contribution < -0.4 is 9.64 Å². The van der Waals surface area contributed by atoms with Crippen molar-refractivity contribution in [2.45, 2.75) is 70.8 Å².